The van der Waals surface area contributed by atoms with Crippen LogP contribution in [-0.2, 0) is 4.79 Å². The van der Waals surface area contributed by atoms with E-state index in [0.29, 0.717) is 6.42 Å². The number of carboxylic acid groups (broad SMARTS) is 1. The summed E-state index contributed by atoms with van der Waals surface area (Å²) >= 11 is 0. The number of benzene rings is 1. The Bertz CT molecular complexity index is 769. The average molecular weight is 415 g/mol. The van der Waals surface area contributed by atoms with Gasteiger partial charge in [-0.15, -0.1) is 12.3 Å². The highest BCUT2D eigenvalue weighted by molar-refractivity contribution is 6.03. The van der Waals surface area contributed by atoms with Crippen molar-refractivity contribution in [1.29, 1.82) is 0 Å². The predicted molar refractivity (Wildman–Crippen MR) is 127 cm³/mol. The van der Waals surface area contributed by atoms with Crippen molar-refractivity contribution in [1.82, 2.24) is 0 Å². The van der Waals surface area contributed by atoms with Crippen molar-refractivity contribution in [3.05, 3.63) is 35.5 Å². The van der Waals surface area contributed by atoms with Gasteiger partial charge in [0.25, 0.3) is 0 Å². The summed E-state index contributed by atoms with van der Waals surface area (Å²) in [7, 11) is 1.65. The van der Waals surface area contributed by atoms with E-state index in [1.807, 2.05) is 52.0 Å². The Morgan fingerprint density at radius 2 is 1.83 bits per heavy atom. The number of aliphatic carboxylic acids is 1. The van der Waals surface area contributed by atoms with Gasteiger partial charge in [0.15, 0.2) is 0 Å². The predicted octanol–water partition coefficient (Wildman–Crippen LogP) is 6.17. The number of aliphatic imine (C=N–C) groups is 1. The van der Waals surface area contributed by atoms with Crippen molar-refractivity contribution in [3.8, 4) is 18.1 Å². The van der Waals surface area contributed by atoms with E-state index in [1.54, 1.807) is 14.0 Å². The molecule has 1 aliphatic rings. The van der Waals surface area contributed by atoms with Crippen LogP contribution in [0.5, 0.6) is 5.75 Å². The lowest BCUT2D eigenvalue weighted by atomic mass is 9.75. The molecule has 0 saturated heterocycles. The maximum Gasteiger partial charge on any atom is 0.328 e. The van der Waals surface area contributed by atoms with Crippen molar-refractivity contribution in [2.45, 2.75) is 73.8 Å². The molecule has 1 unspecified atom stereocenters. The molecular weight excluding hydrogens is 376 g/mol. The summed E-state index contributed by atoms with van der Waals surface area (Å²) in [4.78, 5) is 15.9. The SMILES string of the molecule is C#CC.CC.CCC(N=C1CC(C)(C)CC(Nc2ccc(OC)cc2)=C1C)C(=O)O. The van der Waals surface area contributed by atoms with Gasteiger partial charge in [0.2, 0.25) is 0 Å². The zero-order valence-corrected chi connectivity index (χ0v) is 19.8. The molecule has 166 valence electrons. The van der Waals surface area contributed by atoms with Gasteiger partial charge >= 0.3 is 5.97 Å². The van der Waals surface area contributed by atoms with Gasteiger partial charge < -0.3 is 15.2 Å². The Morgan fingerprint density at radius 3 is 2.27 bits per heavy atom. The minimum Gasteiger partial charge on any atom is -0.497 e. The van der Waals surface area contributed by atoms with Gasteiger partial charge in [-0.1, -0.05) is 34.6 Å². The standard InChI is InChI=1S/C20H28N2O3.C3H4.C2H6/c1-6-16(19(23)24)22-18-12-20(3,4)11-17(13(18)2)21-14-7-9-15(25-5)10-8-14;1-3-2;1-2/h7-10,16,21H,6,11-12H2,1-5H3,(H,23,24);1H,2H3;1-2H3. The van der Waals surface area contributed by atoms with E-state index in [1.165, 1.54) is 0 Å². The molecule has 0 amide bonds. The largest absolute Gasteiger partial charge is 0.497 e. The zero-order chi connectivity index (χ0) is 23.3. The van der Waals surface area contributed by atoms with Crippen LogP contribution in [0.4, 0.5) is 5.69 Å². The molecule has 0 bridgehead atoms. The molecular formula is C25H38N2O3. The fourth-order valence-electron chi connectivity index (χ4n) is 3.07. The molecule has 2 rings (SSSR count). The van der Waals surface area contributed by atoms with Crippen molar-refractivity contribution < 1.29 is 14.6 Å². The normalized spacial score (nSPS) is 16.8. The van der Waals surface area contributed by atoms with Gasteiger partial charge in [0, 0.05) is 17.1 Å². The van der Waals surface area contributed by atoms with Crippen molar-refractivity contribution in [3.63, 3.8) is 0 Å². The van der Waals surface area contributed by atoms with Crippen molar-refractivity contribution in [2.24, 2.45) is 10.4 Å². The second kappa shape index (κ2) is 13.5. The van der Waals surface area contributed by atoms with E-state index >= 15 is 0 Å². The van der Waals surface area contributed by atoms with Crippen LogP contribution in [0.1, 0.15) is 67.7 Å². The second-order valence-corrected chi connectivity index (χ2v) is 7.60. The average Bonchev–Trinajstić information content (AvgIpc) is 2.71. The Kier molecular flexibility index (Phi) is 12.2. The van der Waals surface area contributed by atoms with E-state index in [4.69, 9.17) is 4.74 Å². The van der Waals surface area contributed by atoms with Crippen LogP contribution >= 0.6 is 0 Å². The van der Waals surface area contributed by atoms with Crippen LogP contribution in [0.15, 0.2) is 40.5 Å². The van der Waals surface area contributed by atoms with Crippen LogP contribution in [0, 0.1) is 17.8 Å². The molecule has 1 atom stereocenters. The number of rotatable bonds is 6. The number of ether oxygens (including phenoxy) is 1. The summed E-state index contributed by atoms with van der Waals surface area (Å²) in [5.74, 6) is 2.20. The molecule has 5 nitrogen and oxygen atoms in total. The monoisotopic (exact) mass is 414 g/mol. The van der Waals surface area contributed by atoms with E-state index < -0.39 is 12.0 Å². The Morgan fingerprint density at radius 1 is 1.30 bits per heavy atom. The van der Waals surface area contributed by atoms with Crippen molar-refractivity contribution >= 4 is 17.4 Å². The number of hydrogen-bond acceptors (Lipinski definition) is 4. The minimum atomic E-state index is -0.865. The second-order valence-electron chi connectivity index (χ2n) is 7.60. The molecule has 1 aliphatic carbocycles. The topological polar surface area (TPSA) is 70.9 Å². The summed E-state index contributed by atoms with van der Waals surface area (Å²) in [6.07, 6.45) is 6.78. The van der Waals surface area contributed by atoms with Crippen LogP contribution in [0.3, 0.4) is 0 Å². The fraction of sp³-hybridized carbons (Fsp3) is 0.520. The van der Waals surface area contributed by atoms with Gasteiger partial charge in [0.1, 0.15) is 11.8 Å². The van der Waals surface area contributed by atoms with E-state index in [-0.39, 0.29) is 5.41 Å². The third-order valence-corrected chi connectivity index (χ3v) is 4.56. The molecule has 30 heavy (non-hydrogen) atoms. The van der Waals surface area contributed by atoms with Gasteiger partial charge in [-0.3, -0.25) is 4.99 Å². The number of terminal acetylenes is 1. The number of nitrogens with one attached hydrogen (secondary N) is 1. The summed E-state index contributed by atoms with van der Waals surface area (Å²) in [6, 6.07) is 7.10. The highest BCUT2D eigenvalue weighted by Crippen LogP contribution is 2.38. The Balaban J connectivity index is 0.00000154. The van der Waals surface area contributed by atoms with Gasteiger partial charge in [-0.05, 0) is 68.4 Å². The van der Waals surface area contributed by atoms with Gasteiger partial charge in [-0.2, -0.15) is 0 Å². The van der Waals surface area contributed by atoms with Crippen molar-refractivity contribution in [2.75, 3.05) is 12.4 Å². The first-order valence-electron chi connectivity index (χ1n) is 10.5. The number of nitrogens with zero attached hydrogens (tertiary/aromatic N) is 1. The number of allylic oxidation sites excluding steroid dienone is 2. The summed E-state index contributed by atoms with van der Waals surface area (Å²) in [6.45, 7) is 13.9. The maximum absolute atomic E-state index is 11.4. The Labute approximate surface area is 182 Å². The third kappa shape index (κ3) is 8.73. The minimum absolute atomic E-state index is 0.0317. The van der Waals surface area contributed by atoms with E-state index in [0.717, 1.165) is 41.3 Å². The first-order chi connectivity index (χ1) is 14.2. The highest BCUT2D eigenvalue weighted by Gasteiger charge is 2.31. The molecule has 0 fully saturated rings. The molecule has 0 radical (unpaired) electrons. The van der Waals surface area contributed by atoms with E-state index in [2.05, 4.69) is 36.5 Å². The first kappa shape index (κ1) is 27.3. The maximum atomic E-state index is 11.4. The Hall–Kier alpha value is -2.74. The quantitative estimate of drug-likeness (QED) is 0.546. The molecule has 0 aliphatic heterocycles. The molecule has 5 heteroatoms. The van der Waals surface area contributed by atoms with E-state index in [9.17, 15) is 9.90 Å². The fourth-order valence-corrected chi connectivity index (χ4v) is 3.07. The van der Waals surface area contributed by atoms with Gasteiger partial charge in [0.05, 0.1) is 7.11 Å². The number of carboxylic acids is 1. The lowest BCUT2D eigenvalue weighted by Crippen LogP contribution is -2.29. The molecule has 0 saturated carbocycles. The lowest BCUT2D eigenvalue weighted by molar-refractivity contribution is -0.138. The summed E-state index contributed by atoms with van der Waals surface area (Å²) in [5, 5.41) is 12.8. The zero-order valence-electron chi connectivity index (χ0n) is 19.8. The third-order valence-electron chi connectivity index (χ3n) is 4.56. The molecule has 1 aromatic carbocycles. The number of anilines is 1. The van der Waals surface area contributed by atoms with Crippen LogP contribution in [-0.4, -0.2) is 29.9 Å². The number of hydrogen-bond donors (Lipinski definition) is 2. The number of methoxy groups -OCH3 is 1. The molecule has 2 N–H and O–H groups in total. The van der Waals surface area contributed by atoms with Crippen LogP contribution < -0.4 is 10.1 Å². The summed E-state index contributed by atoms with van der Waals surface area (Å²) in [5.41, 5.74) is 4.05. The molecule has 0 aromatic heterocycles. The summed E-state index contributed by atoms with van der Waals surface area (Å²) < 4.78 is 5.19. The highest BCUT2D eigenvalue weighted by atomic mass is 16.5. The first-order valence-corrected chi connectivity index (χ1v) is 10.5. The molecule has 1 aromatic rings. The number of carbonyl (C=O) groups is 1. The smallest absolute Gasteiger partial charge is 0.328 e. The van der Waals surface area contributed by atoms with Crippen LogP contribution in [0.25, 0.3) is 0 Å². The lowest BCUT2D eigenvalue weighted by Gasteiger charge is -2.34. The van der Waals surface area contributed by atoms with Crippen LogP contribution in [0.2, 0.25) is 0 Å². The van der Waals surface area contributed by atoms with Gasteiger partial charge in [-0.25, -0.2) is 4.79 Å². The molecule has 0 heterocycles. The molecule has 0 spiro atoms.